The highest BCUT2D eigenvalue weighted by Crippen LogP contribution is 2.27. The van der Waals surface area contributed by atoms with Crippen molar-refractivity contribution in [2.24, 2.45) is 0 Å². The summed E-state index contributed by atoms with van der Waals surface area (Å²) in [5.74, 6) is 1.18. The van der Waals surface area contributed by atoms with Crippen LogP contribution in [-0.2, 0) is 22.8 Å². The SMILES string of the molecule is O=S1(=O)CCCC1COc1cccc2c1CCNC2. The monoisotopic (exact) mass is 281 g/mol. The highest BCUT2D eigenvalue weighted by Gasteiger charge is 2.32. The summed E-state index contributed by atoms with van der Waals surface area (Å²) in [6.45, 7) is 2.12. The highest BCUT2D eigenvalue weighted by atomic mass is 32.2. The fourth-order valence-corrected chi connectivity index (χ4v) is 4.56. The Bertz CT molecular complexity index is 568. The van der Waals surface area contributed by atoms with Crippen LogP contribution in [0.2, 0.25) is 0 Å². The number of ether oxygens (including phenoxy) is 1. The van der Waals surface area contributed by atoms with E-state index in [-0.39, 0.29) is 5.25 Å². The van der Waals surface area contributed by atoms with Crippen molar-refractivity contribution in [3.63, 3.8) is 0 Å². The summed E-state index contributed by atoms with van der Waals surface area (Å²) in [6, 6.07) is 6.02. The number of nitrogens with one attached hydrogen (secondary N) is 1. The van der Waals surface area contributed by atoms with Crippen molar-refractivity contribution in [1.82, 2.24) is 5.32 Å². The predicted octanol–water partition coefficient (Wildman–Crippen LogP) is 1.29. The topological polar surface area (TPSA) is 55.4 Å². The fourth-order valence-electron chi connectivity index (χ4n) is 2.86. The Balaban J connectivity index is 1.74. The second kappa shape index (κ2) is 5.13. The Morgan fingerprint density at radius 1 is 1.37 bits per heavy atom. The molecule has 2 aliphatic rings. The van der Waals surface area contributed by atoms with Crippen LogP contribution in [0.15, 0.2) is 18.2 Å². The van der Waals surface area contributed by atoms with Crippen LogP contribution in [0.4, 0.5) is 0 Å². The molecule has 19 heavy (non-hydrogen) atoms. The third-order valence-electron chi connectivity index (χ3n) is 3.98. The van der Waals surface area contributed by atoms with E-state index in [9.17, 15) is 8.42 Å². The summed E-state index contributed by atoms with van der Waals surface area (Å²) in [4.78, 5) is 0. The molecule has 1 N–H and O–H groups in total. The summed E-state index contributed by atoms with van der Waals surface area (Å²) >= 11 is 0. The van der Waals surface area contributed by atoms with Crippen LogP contribution in [0.1, 0.15) is 24.0 Å². The van der Waals surface area contributed by atoms with Gasteiger partial charge >= 0.3 is 0 Å². The third kappa shape index (κ3) is 2.62. The van der Waals surface area contributed by atoms with Crippen LogP contribution in [0.25, 0.3) is 0 Å². The number of hydrogen-bond acceptors (Lipinski definition) is 4. The summed E-state index contributed by atoms with van der Waals surface area (Å²) in [5.41, 5.74) is 2.50. The minimum atomic E-state index is -2.92. The standard InChI is InChI=1S/C14H19NO3S/c16-19(17)8-2-4-12(19)10-18-14-5-1-3-11-9-15-7-6-13(11)14/h1,3,5,12,15H,2,4,6-10H2. The van der Waals surface area contributed by atoms with Gasteiger partial charge in [0.05, 0.1) is 11.0 Å². The lowest BCUT2D eigenvalue weighted by atomic mass is 10.0. The quantitative estimate of drug-likeness (QED) is 0.907. The van der Waals surface area contributed by atoms with Crippen molar-refractivity contribution in [1.29, 1.82) is 0 Å². The molecule has 0 amide bonds. The van der Waals surface area contributed by atoms with Crippen molar-refractivity contribution in [3.05, 3.63) is 29.3 Å². The van der Waals surface area contributed by atoms with Crippen LogP contribution < -0.4 is 10.1 Å². The van der Waals surface area contributed by atoms with Crippen LogP contribution in [0.5, 0.6) is 5.75 Å². The van der Waals surface area contributed by atoms with Gasteiger partial charge in [-0.1, -0.05) is 12.1 Å². The zero-order valence-electron chi connectivity index (χ0n) is 10.9. The number of sulfone groups is 1. The van der Waals surface area contributed by atoms with E-state index in [1.165, 1.54) is 11.1 Å². The lowest BCUT2D eigenvalue weighted by Gasteiger charge is -2.21. The van der Waals surface area contributed by atoms with Crippen molar-refractivity contribution in [2.75, 3.05) is 18.9 Å². The molecule has 1 aromatic carbocycles. The molecule has 0 aromatic heterocycles. The molecule has 0 aliphatic carbocycles. The third-order valence-corrected chi connectivity index (χ3v) is 6.23. The van der Waals surface area contributed by atoms with Crippen LogP contribution in [0, 0.1) is 0 Å². The average molecular weight is 281 g/mol. The summed E-state index contributed by atoms with van der Waals surface area (Å²) in [7, 11) is -2.92. The maximum Gasteiger partial charge on any atom is 0.156 e. The molecular weight excluding hydrogens is 262 g/mol. The molecule has 1 saturated heterocycles. The van der Waals surface area contributed by atoms with E-state index < -0.39 is 9.84 Å². The Morgan fingerprint density at radius 3 is 3.05 bits per heavy atom. The molecule has 1 atom stereocenters. The maximum atomic E-state index is 11.8. The lowest BCUT2D eigenvalue weighted by molar-refractivity contribution is 0.306. The molecule has 5 heteroatoms. The summed E-state index contributed by atoms with van der Waals surface area (Å²) in [6.07, 6.45) is 2.45. The van der Waals surface area contributed by atoms with E-state index in [1.807, 2.05) is 12.1 Å². The van der Waals surface area contributed by atoms with Crippen molar-refractivity contribution in [3.8, 4) is 5.75 Å². The predicted molar refractivity (Wildman–Crippen MR) is 74.2 cm³/mol. The Morgan fingerprint density at radius 2 is 2.26 bits per heavy atom. The van der Waals surface area contributed by atoms with Gasteiger partial charge in [0.1, 0.15) is 12.4 Å². The molecule has 0 bridgehead atoms. The molecule has 1 aromatic rings. The van der Waals surface area contributed by atoms with E-state index in [4.69, 9.17) is 4.74 Å². The van der Waals surface area contributed by atoms with Gasteiger partial charge in [0, 0.05) is 6.54 Å². The molecule has 2 aliphatic heterocycles. The molecule has 0 radical (unpaired) electrons. The first-order valence-corrected chi connectivity index (χ1v) is 8.54. The Kier molecular flexibility index (Phi) is 3.50. The van der Waals surface area contributed by atoms with E-state index in [0.29, 0.717) is 12.4 Å². The van der Waals surface area contributed by atoms with E-state index in [0.717, 1.165) is 38.1 Å². The molecule has 0 spiro atoms. The zero-order valence-corrected chi connectivity index (χ0v) is 11.7. The molecule has 1 fully saturated rings. The molecular formula is C14H19NO3S. The molecule has 0 saturated carbocycles. The van der Waals surface area contributed by atoms with Crippen molar-refractivity contribution in [2.45, 2.75) is 31.1 Å². The normalized spacial score (nSPS) is 24.9. The van der Waals surface area contributed by atoms with Crippen molar-refractivity contribution < 1.29 is 13.2 Å². The van der Waals surface area contributed by atoms with E-state index in [1.54, 1.807) is 0 Å². The summed E-state index contributed by atoms with van der Waals surface area (Å²) < 4.78 is 29.4. The molecule has 1 unspecified atom stereocenters. The van der Waals surface area contributed by atoms with Gasteiger partial charge in [0.15, 0.2) is 9.84 Å². The molecule has 3 rings (SSSR count). The maximum absolute atomic E-state index is 11.8. The minimum absolute atomic E-state index is 0.298. The zero-order chi connectivity index (χ0) is 13.3. The Hall–Kier alpha value is -1.07. The van der Waals surface area contributed by atoms with Gasteiger partial charge in [-0.05, 0) is 43.0 Å². The van der Waals surface area contributed by atoms with Crippen LogP contribution in [0.3, 0.4) is 0 Å². The molecule has 104 valence electrons. The van der Waals surface area contributed by atoms with Gasteiger partial charge < -0.3 is 10.1 Å². The number of rotatable bonds is 3. The van der Waals surface area contributed by atoms with Gasteiger partial charge in [-0.3, -0.25) is 0 Å². The van der Waals surface area contributed by atoms with Gasteiger partial charge in [0.2, 0.25) is 0 Å². The highest BCUT2D eigenvalue weighted by molar-refractivity contribution is 7.92. The second-order valence-corrected chi connectivity index (χ2v) is 7.66. The lowest BCUT2D eigenvalue weighted by Crippen LogP contribution is -2.26. The van der Waals surface area contributed by atoms with Gasteiger partial charge in [-0.15, -0.1) is 0 Å². The molecule has 4 nitrogen and oxygen atoms in total. The first-order valence-electron chi connectivity index (χ1n) is 6.83. The number of benzene rings is 1. The first kappa shape index (κ1) is 12.9. The average Bonchev–Trinajstić information content (AvgIpc) is 2.75. The van der Waals surface area contributed by atoms with Gasteiger partial charge in [-0.25, -0.2) is 8.42 Å². The fraction of sp³-hybridized carbons (Fsp3) is 0.571. The van der Waals surface area contributed by atoms with Gasteiger partial charge in [-0.2, -0.15) is 0 Å². The summed E-state index contributed by atoms with van der Waals surface area (Å²) in [5, 5.41) is 3.01. The minimum Gasteiger partial charge on any atom is -0.492 e. The van der Waals surface area contributed by atoms with Gasteiger partial charge in [0.25, 0.3) is 0 Å². The van der Waals surface area contributed by atoms with Crippen LogP contribution in [-0.4, -0.2) is 32.6 Å². The Labute approximate surface area is 114 Å². The van der Waals surface area contributed by atoms with Crippen LogP contribution >= 0.6 is 0 Å². The smallest absolute Gasteiger partial charge is 0.156 e. The van der Waals surface area contributed by atoms with Crippen molar-refractivity contribution >= 4 is 9.84 Å². The second-order valence-electron chi connectivity index (χ2n) is 5.26. The largest absolute Gasteiger partial charge is 0.492 e. The van der Waals surface area contributed by atoms with E-state index in [2.05, 4.69) is 11.4 Å². The van der Waals surface area contributed by atoms with E-state index >= 15 is 0 Å². The number of fused-ring (bicyclic) bond motifs is 1. The number of hydrogen-bond donors (Lipinski definition) is 1. The molecule has 2 heterocycles. The first-order chi connectivity index (χ1) is 9.17.